The molecule has 0 saturated heterocycles. The van der Waals surface area contributed by atoms with Crippen LogP contribution < -0.4 is 10.1 Å². The maximum absolute atomic E-state index is 5.85. The minimum absolute atomic E-state index is 0.398. The number of hydrogen-bond donors (Lipinski definition) is 1. The van der Waals surface area contributed by atoms with Gasteiger partial charge in [0.25, 0.3) is 0 Å². The van der Waals surface area contributed by atoms with Gasteiger partial charge in [-0.25, -0.2) is 0 Å². The van der Waals surface area contributed by atoms with E-state index in [1.165, 1.54) is 16.7 Å². The molecule has 0 amide bonds. The summed E-state index contributed by atoms with van der Waals surface area (Å²) in [6.45, 7) is 9.71. The summed E-state index contributed by atoms with van der Waals surface area (Å²) >= 11 is 0. The lowest BCUT2D eigenvalue weighted by molar-refractivity contribution is 0.216. The molecule has 2 aliphatic heterocycles. The van der Waals surface area contributed by atoms with E-state index in [1.807, 2.05) is 33.8 Å². The molecule has 22 heavy (non-hydrogen) atoms. The molecule has 2 nitrogen and oxygen atoms in total. The Morgan fingerprint density at radius 3 is 2.27 bits per heavy atom. The number of ether oxygens (including phenoxy) is 1. The van der Waals surface area contributed by atoms with Crippen molar-refractivity contribution in [2.45, 2.75) is 46.2 Å². The molecule has 0 bridgehead atoms. The lowest BCUT2D eigenvalue weighted by atomic mass is 9.79. The van der Waals surface area contributed by atoms with E-state index in [2.05, 4.69) is 47.8 Å². The van der Waals surface area contributed by atoms with Gasteiger partial charge >= 0.3 is 0 Å². The van der Waals surface area contributed by atoms with Crippen LogP contribution in [-0.4, -0.2) is 12.6 Å². The van der Waals surface area contributed by atoms with Crippen LogP contribution in [0.5, 0.6) is 5.75 Å². The fraction of sp³-hybridized carbons (Fsp3) is 0.400. The number of rotatable bonds is 0. The van der Waals surface area contributed by atoms with Gasteiger partial charge in [0.2, 0.25) is 0 Å². The molecule has 0 aliphatic carbocycles. The second-order valence-electron chi connectivity index (χ2n) is 5.01. The Labute approximate surface area is 134 Å². The van der Waals surface area contributed by atoms with Crippen LogP contribution >= 0.6 is 0 Å². The zero-order valence-corrected chi connectivity index (χ0v) is 14.1. The SMILES string of the molecule is CC.CC.c1ccc2c(c1)CN[C@@H]1COc3ccccc3[C@@H]21. The molecule has 0 aromatic heterocycles. The average Bonchev–Trinajstić information content (AvgIpc) is 2.64. The lowest BCUT2D eigenvalue weighted by Gasteiger charge is -2.39. The van der Waals surface area contributed by atoms with Crippen molar-refractivity contribution in [3.05, 3.63) is 65.2 Å². The summed E-state index contributed by atoms with van der Waals surface area (Å²) in [5, 5.41) is 3.59. The van der Waals surface area contributed by atoms with Crippen LogP contribution in [0, 0.1) is 0 Å². The van der Waals surface area contributed by atoms with Gasteiger partial charge in [-0.1, -0.05) is 70.2 Å². The Morgan fingerprint density at radius 2 is 1.50 bits per heavy atom. The van der Waals surface area contributed by atoms with Crippen molar-refractivity contribution in [2.75, 3.05) is 6.61 Å². The predicted octanol–water partition coefficient (Wildman–Crippen LogP) is 4.74. The molecule has 0 saturated carbocycles. The summed E-state index contributed by atoms with van der Waals surface area (Å²) in [7, 11) is 0. The Balaban J connectivity index is 0.000000410. The van der Waals surface area contributed by atoms with E-state index in [4.69, 9.17) is 4.74 Å². The van der Waals surface area contributed by atoms with E-state index >= 15 is 0 Å². The Kier molecular flexibility index (Phi) is 6.02. The number of hydrogen-bond acceptors (Lipinski definition) is 2. The number of para-hydroxylation sites is 1. The maximum atomic E-state index is 5.85. The van der Waals surface area contributed by atoms with Crippen molar-refractivity contribution >= 4 is 0 Å². The minimum Gasteiger partial charge on any atom is -0.492 e. The molecule has 2 atom stereocenters. The van der Waals surface area contributed by atoms with Gasteiger partial charge in [-0.3, -0.25) is 0 Å². The van der Waals surface area contributed by atoms with Gasteiger partial charge in [-0.05, 0) is 17.2 Å². The molecule has 2 aliphatic rings. The smallest absolute Gasteiger partial charge is 0.123 e. The first-order valence-electron chi connectivity index (χ1n) is 8.46. The first-order valence-corrected chi connectivity index (χ1v) is 8.46. The molecule has 1 N–H and O–H groups in total. The topological polar surface area (TPSA) is 21.3 Å². The summed E-state index contributed by atoms with van der Waals surface area (Å²) in [5.41, 5.74) is 4.18. The van der Waals surface area contributed by atoms with Crippen molar-refractivity contribution in [2.24, 2.45) is 0 Å². The van der Waals surface area contributed by atoms with Crippen molar-refractivity contribution in [3.8, 4) is 5.75 Å². The van der Waals surface area contributed by atoms with Crippen LogP contribution in [0.3, 0.4) is 0 Å². The van der Waals surface area contributed by atoms with Crippen LogP contribution in [0.25, 0.3) is 0 Å². The molecule has 2 heterocycles. The molecule has 0 fully saturated rings. The first-order chi connectivity index (χ1) is 10.9. The molecule has 2 aromatic rings. The number of nitrogens with one attached hydrogen (secondary N) is 1. The fourth-order valence-electron chi connectivity index (χ4n) is 3.16. The van der Waals surface area contributed by atoms with Gasteiger partial charge < -0.3 is 10.1 Å². The highest BCUT2D eigenvalue weighted by Gasteiger charge is 2.35. The standard InChI is InChI=1S/C16H15NO.2C2H6/c1-2-6-12-11(5-1)9-17-14-10-18-15-8-4-3-7-13(15)16(12)14;2*1-2/h1-8,14,16-17H,9-10H2;2*1-2H3/t14-,16-;;/m1../s1. The van der Waals surface area contributed by atoms with Crippen LogP contribution in [0.4, 0.5) is 0 Å². The molecule has 118 valence electrons. The van der Waals surface area contributed by atoms with Gasteiger partial charge in [-0.2, -0.15) is 0 Å². The second-order valence-corrected chi connectivity index (χ2v) is 5.01. The Bertz CT molecular complexity index is 542. The third-order valence-corrected chi connectivity index (χ3v) is 4.02. The highest BCUT2D eigenvalue weighted by atomic mass is 16.5. The highest BCUT2D eigenvalue weighted by Crippen LogP contribution is 2.41. The monoisotopic (exact) mass is 297 g/mol. The molecular formula is C20H27NO. The number of benzene rings is 2. The van der Waals surface area contributed by atoms with Gasteiger partial charge in [0.1, 0.15) is 12.4 Å². The highest BCUT2D eigenvalue weighted by molar-refractivity contribution is 5.48. The average molecular weight is 297 g/mol. The molecule has 0 radical (unpaired) electrons. The Hall–Kier alpha value is -1.80. The normalized spacial score (nSPS) is 20.5. The quantitative estimate of drug-likeness (QED) is 0.758. The van der Waals surface area contributed by atoms with Crippen molar-refractivity contribution in [1.29, 1.82) is 0 Å². The summed E-state index contributed by atoms with van der Waals surface area (Å²) in [6.07, 6.45) is 0. The Morgan fingerprint density at radius 1 is 0.864 bits per heavy atom. The van der Waals surface area contributed by atoms with E-state index in [-0.39, 0.29) is 0 Å². The summed E-state index contributed by atoms with van der Waals surface area (Å²) < 4.78 is 5.85. The zero-order chi connectivity index (χ0) is 15.9. The van der Waals surface area contributed by atoms with E-state index in [1.54, 1.807) is 0 Å². The number of fused-ring (bicyclic) bond motifs is 5. The van der Waals surface area contributed by atoms with Crippen LogP contribution in [0.15, 0.2) is 48.5 Å². The summed E-state index contributed by atoms with van der Waals surface area (Å²) in [5.74, 6) is 1.47. The molecule has 2 heteroatoms. The third kappa shape index (κ3) is 3.02. The van der Waals surface area contributed by atoms with Gasteiger partial charge in [0, 0.05) is 18.0 Å². The van der Waals surface area contributed by atoms with E-state index in [0.29, 0.717) is 12.0 Å². The zero-order valence-electron chi connectivity index (χ0n) is 14.1. The minimum atomic E-state index is 0.398. The van der Waals surface area contributed by atoms with Crippen LogP contribution in [0.1, 0.15) is 50.3 Å². The molecule has 0 spiro atoms. The van der Waals surface area contributed by atoms with E-state index in [9.17, 15) is 0 Å². The van der Waals surface area contributed by atoms with Crippen LogP contribution in [0.2, 0.25) is 0 Å². The summed E-state index contributed by atoms with van der Waals surface area (Å²) in [4.78, 5) is 0. The van der Waals surface area contributed by atoms with Crippen LogP contribution in [-0.2, 0) is 6.54 Å². The summed E-state index contributed by atoms with van der Waals surface area (Å²) in [6, 6.07) is 17.5. The van der Waals surface area contributed by atoms with Gasteiger partial charge in [-0.15, -0.1) is 0 Å². The van der Waals surface area contributed by atoms with E-state index in [0.717, 1.165) is 18.9 Å². The van der Waals surface area contributed by atoms with Gasteiger partial charge in [0.15, 0.2) is 0 Å². The lowest BCUT2D eigenvalue weighted by Crippen LogP contribution is -2.46. The molecule has 0 unspecified atom stereocenters. The molecule has 4 rings (SSSR count). The molecular weight excluding hydrogens is 270 g/mol. The van der Waals surface area contributed by atoms with Gasteiger partial charge in [0.05, 0.1) is 6.04 Å². The maximum Gasteiger partial charge on any atom is 0.123 e. The molecule has 2 aromatic carbocycles. The predicted molar refractivity (Wildman–Crippen MR) is 93.5 cm³/mol. The van der Waals surface area contributed by atoms with Crippen molar-refractivity contribution in [3.63, 3.8) is 0 Å². The van der Waals surface area contributed by atoms with Crippen molar-refractivity contribution < 1.29 is 4.74 Å². The first kappa shape index (κ1) is 16.6. The van der Waals surface area contributed by atoms with E-state index < -0.39 is 0 Å². The third-order valence-electron chi connectivity index (χ3n) is 4.02. The largest absolute Gasteiger partial charge is 0.492 e. The second kappa shape index (κ2) is 8.00. The fourth-order valence-corrected chi connectivity index (χ4v) is 3.16. The van der Waals surface area contributed by atoms with Crippen molar-refractivity contribution in [1.82, 2.24) is 5.32 Å².